The van der Waals surface area contributed by atoms with Crippen molar-refractivity contribution in [3.63, 3.8) is 0 Å². The summed E-state index contributed by atoms with van der Waals surface area (Å²) in [5.74, 6) is 1.53. The molecule has 2 fully saturated rings. The van der Waals surface area contributed by atoms with Crippen molar-refractivity contribution in [3.05, 3.63) is 29.0 Å². The first-order chi connectivity index (χ1) is 12.1. The number of hydrogen-bond donors (Lipinski definition) is 0. The van der Waals surface area contributed by atoms with Crippen LogP contribution < -0.4 is 4.74 Å². The van der Waals surface area contributed by atoms with Crippen LogP contribution in [0.4, 0.5) is 4.39 Å². The molecule has 0 amide bonds. The average molecular weight is 367 g/mol. The number of carbonyl (C=O) groups is 1. The van der Waals surface area contributed by atoms with Crippen molar-refractivity contribution in [2.45, 2.75) is 64.7 Å². The maximum absolute atomic E-state index is 13.8. The van der Waals surface area contributed by atoms with Crippen LogP contribution in [0.25, 0.3) is 0 Å². The first-order valence-corrected chi connectivity index (χ1v) is 10.1. The summed E-state index contributed by atoms with van der Waals surface area (Å²) in [6, 6.07) is 4.14. The van der Waals surface area contributed by atoms with Gasteiger partial charge in [-0.25, -0.2) is 4.39 Å². The summed E-state index contributed by atoms with van der Waals surface area (Å²) in [5.41, 5.74) is 0. The predicted molar refractivity (Wildman–Crippen MR) is 98.2 cm³/mol. The molecule has 0 saturated heterocycles. The lowest BCUT2D eigenvalue weighted by molar-refractivity contribution is -0.140. The maximum atomic E-state index is 13.8. The summed E-state index contributed by atoms with van der Waals surface area (Å²) in [6.07, 6.45) is 10.7. The van der Waals surface area contributed by atoms with Gasteiger partial charge in [0.15, 0.2) is 11.6 Å². The van der Waals surface area contributed by atoms with Gasteiger partial charge in [0.1, 0.15) is 0 Å². The van der Waals surface area contributed by atoms with E-state index in [4.69, 9.17) is 16.3 Å². The van der Waals surface area contributed by atoms with Crippen LogP contribution in [-0.4, -0.2) is 5.97 Å². The van der Waals surface area contributed by atoms with Crippen molar-refractivity contribution < 1.29 is 13.9 Å². The van der Waals surface area contributed by atoms with E-state index in [0.717, 1.165) is 43.4 Å². The quantitative estimate of drug-likeness (QED) is 0.454. The summed E-state index contributed by atoms with van der Waals surface area (Å²) in [5, 5.41) is 0.301. The predicted octanol–water partition coefficient (Wildman–Crippen LogP) is 6.41. The Labute approximate surface area is 155 Å². The molecule has 0 atom stereocenters. The number of ether oxygens (including phenoxy) is 1. The Kier molecular flexibility index (Phi) is 6.38. The fraction of sp³-hybridized carbons (Fsp3) is 0.667. The third kappa shape index (κ3) is 4.75. The fourth-order valence-electron chi connectivity index (χ4n) is 4.64. The zero-order valence-electron chi connectivity index (χ0n) is 15.0. The summed E-state index contributed by atoms with van der Waals surface area (Å²) in [6.45, 7) is 2.30. The van der Waals surface area contributed by atoms with Gasteiger partial charge in [0.2, 0.25) is 0 Å². The Morgan fingerprint density at radius 3 is 2.24 bits per heavy atom. The van der Waals surface area contributed by atoms with Crippen molar-refractivity contribution in [3.8, 4) is 5.75 Å². The number of esters is 1. The van der Waals surface area contributed by atoms with Crippen LogP contribution in [0.3, 0.4) is 0 Å². The van der Waals surface area contributed by atoms with Crippen LogP contribution >= 0.6 is 11.6 Å². The van der Waals surface area contributed by atoms with Gasteiger partial charge in [0.05, 0.1) is 5.92 Å². The second-order valence-electron chi connectivity index (χ2n) is 7.80. The molecule has 1 aromatic rings. The smallest absolute Gasteiger partial charge is 0.314 e. The van der Waals surface area contributed by atoms with Gasteiger partial charge in [-0.1, -0.05) is 37.8 Å². The van der Waals surface area contributed by atoms with E-state index in [-0.39, 0.29) is 17.6 Å². The van der Waals surface area contributed by atoms with Crippen LogP contribution in [0.2, 0.25) is 5.02 Å². The van der Waals surface area contributed by atoms with E-state index in [2.05, 4.69) is 6.92 Å². The van der Waals surface area contributed by atoms with Crippen LogP contribution in [0, 0.1) is 29.5 Å². The molecular formula is C21H28ClFO2. The number of rotatable bonds is 4. The highest BCUT2D eigenvalue weighted by molar-refractivity contribution is 6.30. The van der Waals surface area contributed by atoms with E-state index in [1.54, 1.807) is 0 Å². The topological polar surface area (TPSA) is 26.3 Å². The highest BCUT2D eigenvalue weighted by atomic mass is 35.5. The van der Waals surface area contributed by atoms with E-state index < -0.39 is 5.82 Å². The molecule has 3 rings (SSSR count). The summed E-state index contributed by atoms with van der Waals surface area (Å²) in [7, 11) is 0. The monoisotopic (exact) mass is 366 g/mol. The molecule has 0 unspecified atom stereocenters. The second-order valence-corrected chi connectivity index (χ2v) is 8.23. The highest BCUT2D eigenvalue weighted by Crippen LogP contribution is 2.42. The number of carbonyl (C=O) groups excluding carboxylic acids is 1. The summed E-state index contributed by atoms with van der Waals surface area (Å²) < 4.78 is 19.1. The normalized spacial score (nSPS) is 30.0. The molecule has 1 aromatic carbocycles. The van der Waals surface area contributed by atoms with Crippen molar-refractivity contribution in [1.82, 2.24) is 0 Å². The lowest BCUT2D eigenvalue weighted by atomic mass is 9.69. The zero-order valence-corrected chi connectivity index (χ0v) is 15.7. The Hall–Kier alpha value is -1.09. The maximum Gasteiger partial charge on any atom is 0.314 e. The van der Waals surface area contributed by atoms with Gasteiger partial charge in [0.25, 0.3) is 0 Å². The fourth-order valence-corrected chi connectivity index (χ4v) is 4.80. The molecule has 2 nitrogen and oxygen atoms in total. The molecule has 0 bridgehead atoms. The minimum absolute atomic E-state index is 0.0191. The van der Waals surface area contributed by atoms with Crippen LogP contribution in [0.5, 0.6) is 5.75 Å². The van der Waals surface area contributed by atoms with Gasteiger partial charge < -0.3 is 4.74 Å². The van der Waals surface area contributed by atoms with E-state index in [9.17, 15) is 9.18 Å². The van der Waals surface area contributed by atoms with Gasteiger partial charge in [-0.2, -0.15) is 0 Å². The molecule has 0 aliphatic heterocycles. The molecule has 2 aliphatic rings. The van der Waals surface area contributed by atoms with Crippen LogP contribution in [-0.2, 0) is 4.79 Å². The molecule has 25 heavy (non-hydrogen) atoms. The van der Waals surface area contributed by atoms with Crippen molar-refractivity contribution in [2.75, 3.05) is 0 Å². The molecule has 2 saturated carbocycles. The lowest BCUT2D eigenvalue weighted by Crippen LogP contribution is -2.30. The third-order valence-electron chi connectivity index (χ3n) is 6.35. The van der Waals surface area contributed by atoms with E-state index in [1.807, 2.05) is 0 Å². The standard InChI is InChI=1S/C21H28ClFO2/c1-2-14-3-5-15(6-4-14)16-7-9-17(10-8-16)21(24)25-20-12-11-18(22)13-19(20)23/h11-17H,2-10H2,1H3/t14-,15-,16-,17-. The number of halogens is 2. The van der Waals surface area contributed by atoms with Gasteiger partial charge in [0, 0.05) is 5.02 Å². The minimum Gasteiger partial charge on any atom is -0.423 e. The molecule has 2 aliphatic carbocycles. The van der Waals surface area contributed by atoms with E-state index in [0.29, 0.717) is 5.02 Å². The van der Waals surface area contributed by atoms with Crippen molar-refractivity contribution in [1.29, 1.82) is 0 Å². The highest BCUT2D eigenvalue weighted by Gasteiger charge is 2.33. The Morgan fingerprint density at radius 1 is 1.08 bits per heavy atom. The van der Waals surface area contributed by atoms with Crippen molar-refractivity contribution >= 4 is 17.6 Å². The Morgan fingerprint density at radius 2 is 1.68 bits per heavy atom. The number of hydrogen-bond acceptors (Lipinski definition) is 2. The zero-order chi connectivity index (χ0) is 17.8. The molecule has 0 spiro atoms. The van der Waals surface area contributed by atoms with Crippen molar-refractivity contribution in [2.24, 2.45) is 23.7 Å². The molecule has 4 heteroatoms. The second kappa shape index (κ2) is 8.53. The molecular weight excluding hydrogens is 339 g/mol. The Balaban J connectivity index is 1.48. The summed E-state index contributed by atoms with van der Waals surface area (Å²) >= 11 is 5.73. The van der Waals surface area contributed by atoms with Gasteiger partial charge >= 0.3 is 5.97 Å². The lowest BCUT2D eigenvalue weighted by Gasteiger charge is -2.37. The molecule has 0 aromatic heterocycles. The number of benzene rings is 1. The first kappa shape index (κ1) is 18.7. The van der Waals surface area contributed by atoms with Gasteiger partial charge in [-0.15, -0.1) is 0 Å². The molecule has 0 N–H and O–H groups in total. The summed E-state index contributed by atoms with van der Waals surface area (Å²) in [4.78, 5) is 12.3. The van der Waals surface area contributed by atoms with Crippen LogP contribution in [0.15, 0.2) is 18.2 Å². The average Bonchev–Trinajstić information content (AvgIpc) is 2.64. The molecule has 0 heterocycles. The molecule has 138 valence electrons. The SMILES string of the molecule is CC[C@H]1CC[C@H]([C@H]2CC[C@H](C(=O)Oc3ccc(Cl)cc3F)CC2)CC1. The van der Waals surface area contributed by atoms with E-state index >= 15 is 0 Å². The minimum atomic E-state index is -0.581. The Bertz CT molecular complexity index is 588. The largest absolute Gasteiger partial charge is 0.423 e. The first-order valence-electron chi connectivity index (χ1n) is 9.73. The van der Waals surface area contributed by atoms with Gasteiger partial charge in [-0.3, -0.25) is 4.79 Å². The third-order valence-corrected chi connectivity index (χ3v) is 6.58. The van der Waals surface area contributed by atoms with Crippen LogP contribution in [0.1, 0.15) is 64.7 Å². The molecule has 0 radical (unpaired) electrons. The van der Waals surface area contributed by atoms with E-state index in [1.165, 1.54) is 50.3 Å². The van der Waals surface area contributed by atoms with Gasteiger partial charge in [-0.05, 0) is 74.5 Å².